The summed E-state index contributed by atoms with van der Waals surface area (Å²) < 4.78 is 14.1. The Morgan fingerprint density at radius 3 is 2.65 bits per heavy atom. The van der Waals surface area contributed by atoms with Crippen molar-refractivity contribution >= 4 is 61.4 Å². The van der Waals surface area contributed by atoms with Crippen molar-refractivity contribution in [1.29, 1.82) is 0 Å². The molecular weight excluding hydrogens is 377 g/mol. The lowest BCUT2D eigenvalue weighted by Crippen LogP contribution is -1.95. The number of fused-ring (bicyclic) bond motifs is 1. The summed E-state index contributed by atoms with van der Waals surface area (Å²) in [5.41, 5.74) is 7.49. The summed E-state index contributed by atoms with van der Waals surface area (Å²) >= 11 is 7.20. The maximum atomic E-state index is 13.3. The number of halogens is 2. The van der Waals surface area contributed by atoms with Crippen molar-refractivity contribution in [2.45, 2.75) is 0 Å². The average Bonchev–Trinajstić information content (AvgIpc) is 3.04. The van der Waals surface area contributed by atoms with E-state index in [1.807, 2.05) is 0 Å². The number of hydrogen-bond acceptors (Lipinski definition) is 8. The first kappa shape index (κ1) is 16.4. The van der Waals surface area contributed by atoms with E-state index in [2.05, 4.69) is 30.6 Å². The van der Waals surface area contributed by atoms with Crippen LogP contribution in [0.15, 0.2) is 42.9 Å². The normalized spacial score (nSPS) is 10.8. The zero-order valence-corrected chi connectivity index (χ0v) is 14.6. The van der Waals surface area contributed by atoms with Crippen molar-refractivity contribution in [2.75, 3.05) is 16.4 Å². The molecule has 0 amide bonds. The molecule has 0 atom stereocenters. The number of nitrogen functional groups attached to an aromatic ring is 1. The Kier molecular flexibility index (Phi) is 4.23. The van der Waals surface area contributed by atoms with E-state index in [0.717, 1.165) is 10.4 Å². The van der Waals surface area contributed by atoms with Crippen LogP contribution in [-0.2, 0) is 0 Å². The summed E-state index contributed by atoms with van der Waals surface area (Å²) in [7, 11) is 0. The van der Waals surface area contributed by atoms with E-state index in [0.29, 0.717) is 28.1 Å². The number of pyridine rings is 1. The molecule has 130 valence electrons. The summed E-state index contributed by atoms with van der Waals surface area (Å²) in [6.45, 7) is 0. The SMILES string of the molecule is Nc1ccc(Nc2nc3ncnc(Nc4ccc(F)c(Cl)c4)c3s2)cn1. The molecule has 0 bridgehead atoms. The molecule has 7 nitrogen and oxygen atoms in total. The van der Waals surface area contributed by atoms with Gasteiger partial charge in [0.2, 0.25) is 0 Å². The largest absolute Gasteiger partial charge is 0.384 e. The first-order valence-electron chi connectivity index (χ1n) is 7.40. The summed E-state index contributed by atoms with van der Waals surface area (Å²) in [6.07, 6.45) is 3.02. The Morgan fingerprint density at radius 2 is 1.88 bits per heavy atom. The Balaban J connectivity index is 1.64. The summed E-state index contributed by atoms with van der Waals surface area (Å²) in [6, 6.07) is 7.86. The van der Waals surface area contributed by atoms with Crippen molar-refractivity contribution in [1.82, 2.24) is 19.9 Å². The van der Waals surface area contributed by atoms with Gasteiger partial charge in [0.25, 0.3) is 0 Å². The van der Waals surface area contributed by atoms with Crippen molar-refractivity contribution in [3.05, 3.63) is 53.7 Å². The number of thiazole rings is 1. The summed E-state index contributed by atoms with van der Waals surface area (Å²) in [5, 5.41) is 6.92. The van der Waals surface area contributed by atoms with E-state index in [1.165, 1.54) is 29.8 Å². The third-order valence-corrected chi connectivity index (χ3v) is 4.67. The molecule has 4 N–H and O–H groups in total. The molecule has 0 saturated carbocycles. The highest BCUT2D eigenvalue weighted by atomic mass is 35.5. The van der Waals surface area contributed by atoms with E-state index >= 15 is 0 Å². The number of anilines is 5. The molecule has 0 saturated heterocycles. The molecule has 3 heterocycles. The maximum absolute atomic E-state index is 13.3. The second-order valence-electron chi connectivity index (χ2n) is 5.24. The lowest BCUT2D eigenvalue weighted by molar-refractivity contribution is 0.628. The Labute approximate surface area is 156 Å². The van der Waals surface area contributed by atoms with Gasteiger partial charge in [-0.2, -0.15) is 4.98 Å². The van der Waals surface area contributed by atoms with E-state index in [9.17, 15) is 4.39 Å². The number of rotatable bonds is 4. The molecular formula is C16H11ClFN7S. The third kappa shape index (κ3) is 3.35. The fraction of sp³-hybridized carbons (Fsp3) is 0. The maximum Gasteiger partial charge on any atom is 0.190 e. The van der Waals surface area contributed by atoms with E-state index < -0.39 is 5.82 Å². The molecule has 3 aromatic heterocycles. The van der Waals surface area contributed by atoms with Crippen molar-refractivity contribution in [3.8, 4) is 0 Å². The minimum Gasteiger partial charge on any atom is -0.384 e. The zero-order chi connectivity index (χ0) is 18.1. The van der Waals surface area contributed by atoms with Crippen LogP contribution in [0.2, 0.25) is 5.02 Å². The molecule has 4 aromatic rings. The highest BCUT2D eigenvalue weighted by molar-refractivity contribution is 7.22. The second-order valence-corrected chi connectivity index (χ2v) is 6.65. The topological polar surface area (TPSA) is 102 Å². The third-order valence-electron chi connectivity index (χ3n) is 3.41. The highest BCUT2D eigenvalue weighted by Gasteiger charge is 2.12. The van der Waals surface area contributed by atoms with E-state index in [1.54, 1.807) is 24.4 Å². The van der Waals surface area contributed by atoms with Gasteiger partial charge in [0, 0.05) is 5.69 Å². The lowest BCUT2D eigenvalue weighted by atomic mass is 10.3. The molecule has 10 heteroatoms. The summed E-state index contributed by atoms with van der Waals surface area (Å²) in [4.78, 5) is 16.9. The number of benzene rings is 1. The van der Waals surface area contributed by atoms with Crippen molar-refractivity contribution in [3.63, 3.8) is 0 Å². The Morgan fingerprint density at radius 1 is 1.04 bits per heavy atom. The molecule has 0 aliphatic heterocycles. The monoisotopic (exact) mass is 387 g/mol. The minimum atomic E-state index is -0.480. The van der Waals surface area contributed by atoms with Gasteiger partial charge in [0.05, 0.1) is 16.9 Å². The van der Waals surface area contributed by atoms with Gasteiger partial charge in [0.1, 0.15) is 22.7 Å². The van der Waals surface area contributed by atoms with E-state index in [4.69, 9.17) is 17.3 Å². The smallest absolute Gasteiger partial charge is 0.190 e. The number of nitrogens with one attached hydrogen (secondary N) is 2. The zero-order valence-electron chi connectivity index (χ0n) is 13.1. The molecule has 0 aliphatic carbocycles. The minimum absolute atomic E-state index is 0.0304. The Bertz CT molecular complexity index is 1080. The van der Waals surface area contributed by atoms with Gasteiger partial charge in [-0.25, -0.2) is 19.3 Å². The lowest BCUT2D eigenvalue weighted by Gasteiger charge is -2.06. The van der Waals surface area contributed by atoms with Crippen LogP contribution in [0.4, 0.5) is 32.5 Å². The van der Waals surface area contributed by atoms with Crippen LogP contribution >= 0.6 is 22.9 Å². The van der Waals surface area contributed by atoms with Crippen LogP contribution in [-0.4, -0.2) is 19.9 Å². The standard InChI is InChI=1S/C16H11ClFN7S/c17-10-5-8(1-3-11(10)18)23-14-13-15(22-7-21-14)25-16(26-13)24-9-2-4-12(19)20-6-9/h1-7H,(H2,19,20)(H2,21,22,23,24,25). The number of hydrogen-bond donors (Lipinski definition) is 3. The molecule has 0 radical (unpaired) electrons. The van der Waals surface area contributed by atoms with Crippen molar-refractivity contribution < 1.29 is 4.39 Å². The fourth-order valence-electron chi connectivity index (χ4n) is 2.21. The predicted octanol–water partition coefficient (Wildman–Crippen LogP) is 4.34. The Hall–Kier alpha value is -3.04. The van der Waals surface area contributed by atoms with Crippen LogP contribution in [0.5, 0.6) is 0 Å². The first-order chi connectivity index (χ1) is 12.6. The molecule has 0 fully saturated rings. The van der Waals surface area contributed by atoms with Crippen molar-refractivity contribution in [2.24, 2.45) is 0 Å². The first-order valence-corrected chi connectivity index (χ1v) is 8.60. The van der Waals surface area contributed by atoms with Gasteiger partial charge in [-0.3, -0.25) is 0 Å². The van der Waals surface area contributed by atoms with Gasteiger partial charge in [-0.1, -0.05) is 22.9 Å². The quantitative estimate of drug-likeness (QED) is 0.478. The number of nitrogens with zero attached hydrogens (tertiary/aromatic N) is 4. The van der Waals surface area contributed by atoms with Gasteiger partial charge < -0.3 is 16.4 Å². The van der Waals surface area contributed by atoms with Gasteiger partial charge >= 0.3 is 0 Å². The van der Waals surface area contributed by atoms with E-state index in [-0.39, 0.29) is 5.02 Å². The number of nitrogens with two attached hydrogens (primary N) is 1. The van der Waals surface area contributed by atoms with Crippen LogP contribution in [0.1, 0.15) is 0 Å². The van der Waals surface area contributed by atoms with Crippen LogP contribution in [0, 0.1) is 5.82 Å². The summed E-state index contributed by atoms with van der Waals surface area (Å²) in [5.74, 6) is 0.514. The van der Waals surface area contributed by atoms with Gasteiger partial charge in [-0.15, -0.1) is 0 Å². The highest BCUT2D eigenvalue weighted by Crippen LogP contribution is 2.33. The molecule has 0 aliphatic rings. The average molecular weight is 388 g/mol. The predicted molar refractivity (Wildman–Crippen MR) is 102 cm³/mol. The second kappa shape index (κ2) is 6.70. The molecule has 4 rings (SSSR count). The van der Waals surface area contributed by atoms with Crippen LogP contribution in [0.25, 0.3) is 10.3 Å². The molecule has 0 spiro atoms. The fourth-order valence-corrected chi connectivity index (χ4v) is 3.27. The van der Waals surface area contributed by atoms with Gasteiger partial charge in [-0.05, 0) is 30.3 Å². The van der Waals surface area contributed by atoms with Gasteiger partial charge in [0.15, 0.2) is 16.6 Å². The molecule has 26 heavy (non-hydrogen) atoms. The number of aromatic nitrogens is 4. The molecule has 1 aromatic carbocycles. The molecule has 0 unspecified atom stereocenters. The van der Waals surface area contributed by atoms with Crippen LogP contribution in [0.3, 0.4) is 0 Å². The van der Waals surface area contributed by atoms with Crippen LogP contribution < -0.4 is 16.4 Å².